The fourth-order valence-corrected chi connectivity index (χ4v) is 2.53. The smallest absolute Gasteiger partial charge is 0.214 e. The van der Waals surface area contributed by atoms with Crippen LogP contribution in [0.2, 0.25) is 0 Å². The summed E-state index contributed by atoms with van der Waals surface area (Å²) in [6.45, 7) is 7.17. The minimum absolute atomic E-state index is 0.0977. The van der Waals surface area contributed by atoms with Gasteiger partial charge in [-0.25, -0.2) is 9.97 Å². The number of aromatic nitrogens is 2. The first-order valence-electron chi connectivity index (χ1n) is 6.26. The lowest BCUT2D eigenvalue weighted by Crippen LogP contribution is -2.11. The van der Waals surface area contributed by atoms with Crippen LogP contribution < -0.4 is 5.32 Å². The molecule has 0 fully saturated rings. The van der Waals surface area contributed by atoms with Crippen LogP contribution in [0.1, 0.15) is 31.5 Å². The van der Waals surface area contributed by atoms with Crippen LogP contribution in [-0.4, -0.2) is 16.5 Å². The maximum Gasteiger partial charge on any atom is 0.214 e. The van der Waals surface area contributed by atoms with Gasteiger partial charge in [0.05, 0.1) is 10.7 Å². The summed E-state index contributed by atoms with van der Waals surface area (Å²) >= 11 is 1.69. The monoisotopic (exact) mass is 279 g/mol. The summed E-state index contributed by atoms with van der Waals surface area (Å²) < 4.78 is 12.9. The van der Waals surface area contributed by atoms with Crippen LogP contribution in [0.3, 0.4) is 0 Å². The molecule has 1 N–H and O–H groups in total. The number of thiazole rings is 1. The molecule has 2 heterocycles. The second-order valence-corrected chi connectivity index (χ2v) is 6.27. The molecule has 0 amide bonds. The Hall–Kier alpha value is -1.49. The molecule has 0 bridgehead atoms. The third-order valence-corrected chi connectivity index (χ3v) is 3.91. The quantitative estimate of drug-likeness (QED) is 0.868. The fraction of sp³-hybridized carbons (Fsp3) is 0.429. The van der Waals surface area contributed by atoms with Crippen molar-refractivity contribution >= 4 is 17.2 Å². The summed E-state index contributed by atoms with van der Waals surface area (Å²) in [4.78, 5) is 8.37. The van der Waals surface area contributed by atoms with Crippen LogP contribution in [0, 0.1) is 5.95 Å². The summed E-state index contributed by atoms with van der Waals surface area (Å²) in [5, 5.41) is 6.32. The Morgan fingerprint density at radius 1 is 1.26 bits per heavy atom. The molecule has 0 radical (unpaired) electrons. The van der Waals surface area contributed by atoms with Crippen molar-refractivity contribution in [2.45, 2.75) is 32.6 Å². The Kier molecular flexibility index (Phi) is 4.14. The molecule has 0 spiro atoms. The molecule has 2 aromatic rings. The van der Waals surface area contributed by atoms with Crippen molar-refractivity contribution in [1.82, 2.24) is 9.97 Å². The third kappa shape index (κ3) is 3.99. The standard InChI is InChI=1S/C14H18FN3S/c1-14(2,3)13-17-10(9-19-13)7-8-16-12-6-4-5-11(15)18-12/h4-6,9H,7-8H2,1-3H3,(H,16,18). The molecular weight excluding hydrogens is 261 g/mol. The van der Waals surface area contributed by atoms with Gasteiger partial charge in [-0.2, -0.15) is 4.39 Å². The van der Waals surface area contributed by atoms with E-state index in [0.717, 1.165) is 17.1 Å². The molecule has 102 valence electrons. The first-order chi connectivity index (χ1) is 8.95. The van der Waals surface area contributed by atoms with E-state index in [1.165, 1.54) is 6.07 Å². The Morgan fingerprint density at radius 3 is 2.68 bits per heavy atom. The van der Waals surface area contributed by atoms with Crippen molar-refractivity contribution in [3.63, 3.8) is 0 Å². The van der Waals surface area contributed by atoms with E-state index in [1.807, 2.05) is 0 Å². The Balaban J connectivity index is 1.88. The first-order valence-corrected chi connectivity index (χ1v) is 7.14. The lowest BCUT2D eigenvalue weighted by molar-refractivity contribution is 0.582. The van der Waals surface area contributed by atoms with E-state index in [4.69, 9.17) is 0 Å². The number of halogens is 1. The fourth-order valence-electron chi connectivity index (χ4n) is 1.59. The van der Waals surface area contributed by atoms with Gasteiger partial charge in [-0.05, 0) is 12.1 Å². The highest BCUT2D eigenvalue weighted by Gasteiger charge is 2.17. The van der Waals surface area contributed by atoms with Crippen LogP contribution >= 0.6 is 11.3 Å². The van der Waals surface area contributed by atoms with Gasteiger partial charge in [0, 0.05) is 23.8 Å². The maximum absolute atomic E-state index is 12.9. The van der Waals surface area contributed by atoms with E-state index in [0.29, 0.717) is 12.4 Å². The average Bonchev–Trinajstić information content (AvgIpc) is 2.77. The van der Waals surface area contributed by atoms with Crippen molar-refractivity contribution in [2.24, 2.45) is 0 Å². The zero-order valence-corrected chi connectivity index (χ0v) is 12.2. The van der Waals surface area contributed by atoms with Gasteiger partial charge in [-0.1, -0.05) is 26.8 Å². The highest BCUT2D eigenvalue weighted by atomic mass is 32.1. The van der Waals surface area contributed by atoms with Crippen molar-refractivity contribution in [3.05, 3.63) is 40.2 Å². The molecular formula is C14H18FN3S. The average molecular weight is 279 g/mol. The highest BCUT2D eigenvalue weighted by molar-refractivity contribution is 7.09. The van der Waals surface area contributed by atoms with E-state index in [9.17, 15) is 4.39 Å². The van der Waals surface area contributed by atoms with Gasteiger partial charge in [0.1, 0.15) is 5.82 Å². The van der Waals surface area contributed by atoms with Gasteiger partial charge in [0.25, 0.3) is 0 Å². The number of hydrogen-bond acceptors (Lipinski definition) is 4. The minimum atomic E-state index is -0.464. The van der Waals surface area contributed by atoms with Gasteiger partial charge < -0.3 is 5.32 Å². The summed E-state index contributed by atoms with van der Waals surface area (Å²) in [7, 11) is 0. The maximum atomic E-state index is 12.9. The Labute approximate surface area is 116 Å². The summed E-state index contributed by atoms with van der Waals surface area (Å²) in [5.41, 5.74) is 1.17. The van der Waals surface area contributed by atoms with E-state index >= 15 is 0 Å². The molecule has 0 aromatic carbocycles. The lowest BCUT2D eigenvalue weighted by atomic mass is 9.98. The number of rotatable bonds is 4. The molecule has 0 aliphatic carbocycles. The van der Waals surface area contributed by atoms with Gasteiger partial charge in [0.15, 0.2) is 0 Å². The summed E-state index contributed by atoms with van der Waals surface area (Å²) in [5.74, 6) is 0.0972. The zero-order chi connectivity index (χ0) is 13.9. The first kappa shape index (κ1) is 13.9. The van der Waals surface area contributed by atoms with Crippen molar-refractivity contribution < 1.29 is 4.39 Å². The zero-order valence-electron chi connectivity index (χ0n) is 11.4. The normalized spacial score (nSPS) is 11.6. The molecule has 0 atom stereocenters. The number of pyridine rings is 1. The molecule has 2 aromatic heterocycles. The van der Waals surface area contributed by atoms with E-state index in [1.54, 1.807) is 23.5 Å². The van der Waals surface area contributed by atoms with Crippen LogP contribution in [0.4, 0.5) is 10.2 Å². The van der Waals surface area contributed by atoms with Crippen LogP contribution in [0.15, 0.2) is 23.6 Å². The molecule has 0 aliphatic rings. The number of hydrogen-bond donors (Lipinski definition) is 1. The molecule has 0 aliphatic heterocycles. The van der Waals surface area contributed by atoms with Crippen LogP contribution in [0.5, 0.6) is 0 Å². The molecule has 0 saturated heterocycles. The highest BCUT2D eigenvalue weighted by Crippen LogP contribution is 2.25. The van der Waals surface area contributed by atoms with Gasteiger partial charge in [-0.15, -0.1) is 11.3 Å². The molecule has 19 heavy (non-hydrogen) atoms. The molecule has 3 nitrogen and oxygen atoms in total. The topological polar surface area (TPSA) is 37.8 Å². The number of anilines is 1. The number of nitrogens with one attached hydrogen (secondary N) is 1. The van der Waals surface area contributed by atoms with Crippen molar-refractivity contribution in [1.29, 1.82) is 0 Å². The summed E-state index contributed by atoms with van der Waals surface area (Å²) in [6.07, 6.45) is 0.810. The second kappa shape index (κ2) is 5.65. The van der Waals surface area contributed by atoms with E-state index in [2.05, 4.69) is 41.4 Å². The Morgan fingerprint density at radius 2 is 2.05 bits per heavy atom. The largest absolute Gasteiger partial charge is 0.370 e. The Bertz CT molecular complexity index is 546. The predicted molar refractivity (Wildman–Crippen MR) is 77.2 cm³/mol. The van der Waals surface area contributed by atoms with E-state index < -0.39 is 5.95 Å². The second-order valence-electron chi connectivity index (χ2n) is 5.42. The molecule has 5 heteroatoms. The van der Waals surface area contributed by atoms with Crippen LogP contribution in [-0.2, 0) is 11.8 Å². The number of nitrogens with zero attached hydrogens (tertiary/aromatic N) is 2. The van der Waals surface area contributed by atoms with Crippen molar-refractivity contribution in [2.75, 3.05) is 11.9 Å². The van der Waals surface area contributed by atoms with Crippen molar-refractivity contribution in [3.8, 4) is 0 Å². The van der Waals surface area contributed by atoms with Gasteiger partial charge in [-0.3, -0.25) is 0 Å². The molecule has 0 unspecified atom stereocenters. The molecule has 2 rings (SSSR count). The summed E-state index contributed by atoms with van der Waals surface area (Å²) in [6, 6.07) is 4.73. The van der Waals surface area contributed by atoms with Gasteiger partial charge >= 0.3 is 0 Å². The SMILES string of the molecule is CC(C)(C)c1nc(CCNc2cccc(F)n2)cs1. The third-order valence-electron chi connectivity index (χ3n) is 2.60. The minimum Gasteiger partial charge on any atom is -0.370 e. The molecule has 0 saturated carbocycles. The lowest BCUT2D eigenvalue weighted by Gasteiger charge is -2.13. The van der Waals surface area contributed by atoms with Crippen LogP contribution in [0.25, 0.3) is 0 Å². The predicted octanol–water partition coefficient (Wildman–Crippen LogP) is 3.63. The van der Waals surface area contributed by atoms with Gasteiger partial charge in [0.2, 0.25) is 5.95 Å². The van der Waals surface area contributed by atoms with E-state index in [-0.39, 0.29) is 5.41 Å².